The molecule has 2 unspecified atom stereocenters. The van der Waals surface area contributed by atoms with Gasteiger partial charge in [0.1, 0.15) is 0 Å². The van der Waals surface area contributed by atoms with Gasteiger partial charge in [0.25, 0.3) is 0 Å². The smallest absolute Gasteiger partial charge is 0.0349 e. The molecular weight excluding hydrogens is 270 g/mol. The van der Waals surface area contributed by atoms with Crippen molar-refractivity contribution < 1.29 is 0 Å². The van der Waals surface area contributed by atoms with Crippen LogP contribution in [0.15, 0.2) is 30.6 Å². The number of fused-ring (bicyclic) bond motifs is 1. The Morgan fingerprint density at radius 2 is 2.05 bits per heavy atom. The van der Waals surface area contributed by atoms with Crippen molar-refractivity contribution in [1.82, 2.24) is 9.88 Å². The fraction of sp³-hybridized carbons (Fsp3) is 0.526. The second kappa shape index (κ2) is 5.64. The lowest BCUT2D eigenvalue weighted by Crippen LogP contribution is -2.20. The highest BCUT2D eigenvalue weighted by atomic mass is 15.2. The predicted molar refractivity (Wildman–Crippen MR) is 93.0 cm³/mol. The van der Waals surface area contributed by atoms with Gasteiger partial charge in [-0.1, -0.05) is 32.9 Å². The van der Waals surface area contributed by atoms with E-state index in [4.69, 9.17) is 5.73 Å². The van der Waals surface area contributed by atoms with Crippen LogP contribution in [-0.2, 0) is 5.41 Å². The Balaban J connectivity index is 2.01. The highest BCUT2D eigenvalue weighted by Gasteiger charge is 2.29. The molecule has 0 aliphatic carbocycles. The molecule has 3 rings (SSSR count). The van der Waals surface area contributed by atoms with Crippen molar-refractivity contribution in [3.05, 3.63) is 41.7 Å². The Labute approximate surface area is 133 Å². The standard InChI is InChI=1S/C19H27N3/c1-19(2,3)17-11-21-10-15-8-14(5-6-16(15)17)18-7-13(9-20)12-22(18)4/h5-6,8,10-11,13,18H,7,9,12,20H2,1-4H3. The molecule has 0 saturated carbocycles. The van der Waals surface area contributed by atoms with Crippen LogP contribution in [-0.4, -0.2) is 30.0 Å². The first-order chi connectivity index (χ1) is 10.4. The van der Waals surface area contributed by atoms with E-state index in [9.17, 15) is 0 Å². The molecule has 2 aromatic rings. The molecule has 0 amide bonds. The Morgan fingerprint density at radius 1 is 1.27 bits per heavy atom. The summed E-state index contributed by atoms with van der Waals surface area (Å²) in [6.45, 7) is 8.61. The van der Waals surface area contributed by atoms with Crippen LogP contribution in [0.4, 0.5) is 0 Å². The zero-order valence-electron chi connectivity index (χ0n) is 14.1. The molecule has 1 saturated heterocycles. The number of pyridine rings is 1. The van der Waals surface area contributed by atoms with E-state index in [1.807, 2.05) is 12.4 Å². The first-order valence-electron chi connectivity index (χ1n) is 8.18. The Morgan fingerprint density at radius 3 is 2.68 bits per heavy atom. The SMILES string of the molecule is CN1CC(CN)CC1c1ccc2c(C(C)(C)C)cncc2c1. The summed E-state index contributed by atoms with van der Waals surface area (Å²) in [5.41, 5.74) is 8.68. The molecule has 1 fully saturated rings. The summed E-state index contributed by atoms with van der Waals surface area (Å²) in [5.74, 6) is 0.615. The van der Waals surface area contributed by atoms with E-state index in [0.29, 0.717) is 12.0 Å². The van der Waals surface area contributed by atoms with Crippen LogP contribution in [0, 0.1) is 5.92 Å². The van der Waals surface area contributed by atoms with Gasteiger partial charge in [0.2, 0.25) is 0 Å². The maximum atomic E-state index is 5.86. The van der Waals surface area contributed by atoms with Gasteiger partial charge in [-0.25, -0.2) is 0 Å². The van der Waals surface area contributed by atoms with Crippen molar-refractivity contribution in [2.24, 2.45) is 11.7 Å². The molecule has 3 heteroatoms. The quantitative estimate of drug-likeness (QED) is 0.922. The second-order valence-corrected chi connectivity index (χ2v) is 7.71. The number of nitrogens with two attached hydrogens (primary N) is 1. The number of rotatable bonds is 2. The molecular formula is C19H27N3. The fourth-order valence-electron chi connectivity index (χ4n) is 3.67. The molecule has 3 nitrogen and oxygen atoms in total. The van der Waals surface area contributed by atoms with Gasteiger partial charge in [0, 0.05) is 30.4 Å². The van der Waals surface area contributed by atoms with Crippen LogP contribution in [0.2, 0.25) is 0 Å². The summed E-state index contributed by atoms with van der Waals surface area (Å²) in [6, 6.07) is 7.36. The van der Waals surface area contributed by atoms with Crippen LogP contribution >= 0.6 is 0 Å². The van der Waals surface area contributed by atoms with E-state index >= 15 is 0 Å². The average Bonchev–Trinajstić information content (AvgIpc) is 2.86. The summed E-state index contributed by atoms with van der Waals surface area (Å²) >= 11 is 0. The maximum absolute atomic E-state index is 5.86. The van der Waals surface area contributed by atoms with Crippen LogP contribution in [0.3, 0.4) is 0 Å². The number of hydrogen-bond acceptors (Lipinski definition) is 3. The summed E-state index contributed by atoms with van der Waals surface area (Å²) in [7, 11) is 2.20. The molecule has 1 aromatic heterocycles. The molecule has 22 heavy (non-hydrogen) atoms. The monoisotopic (exact) mass is 297 g/mol. The van der Waals surface area contributed by atoms with E-state index in [2.05, 4.69) is 55.9 Å². The van der Waals surface area contributed by atoms with Gasteiger partial charge < -0.3 is 5.73 Å². The maximum Gasteiger partial charge on any atom is 0.0349 e. The van der Waals surface area contributed by atoms with Gasteiger partial charge in [0.15, 0.2) is 0 Å². The highest BCUT2D eigenvalue weighted by Crippen LogP contribution is 2.36. The predicted octanol–water partition coefficient (Wildman–Crippen LogP) is 3.48. The van der Waals surface area contributed by atoms with Gasteiger partial charge in [-0.2, -0.15) is 0 Å². The van der Waals surface area contributed by atoms with Crippen LogP contribution in [0.25, 0.3) is 10.8 Å². The minimum absolute atomic E-state index is 0.114. The van der Waals surface area contributed by atoms with E-state index in [1.54, 1.807) is 0 Å². The van der Waals surface area contributed by atoms with E-state index in [0.717, 1.165) is 19.5 Å². The number of hydrogen-bond donors (Lipinski definition) is 1. The molecule has 2 atom stereocenters. The lowest BCUT2D eigenvalue weighted by molar-refractivity contribution is 0.314. The van der Waals surface area contributed by atoms with Crippen molar-refractivity contribution in [3.8, 4) is 0 Å². The van der Waals surface area contributed by atoms with Crippen LogP contribution in [0.1, 0.15) is 44.4 Å². The lowest BCUT2D eigenvalue weighted by atomic mass is 9.84. The fourth-order valence-corrected chi connectivity index (χ4v) is 3.67. The molecule has 118 valence electrons. The topological polar surface area (TPSA) is 42.1 Å². The van der Waals surface area contributed by atoms with Crippen molar-refractivity contribution in [2.45, 2.75) is 38.6 Å². The molecule has 0 radical (unpaired) electrons. The molecule has 2 heterocycles. The van der Waals surface area contributed by atoms with Crippen molar-refractivity contribution >= 4 is 10.8 Å². The van der Waals surface area contributed by atoms with Gasteiger partial charge in [0.05, 0.1) is 0 Å². The Kier molecular flexibility index (Phi) is 3.96. The van der Waals surface area contributed by atoms with Crippen LogP contribution < -0.4 is 5.73 Å². The van der Waals surface area contributed by atoms with Gasteiger partial charge in [-0.3, -0.25) is 9.88 Å². The third kappa shape index (κ3) is 2.75. The lowest BCUT2D eigenvalue weighted by Gasteiger charge is -2.23. The zero-order chi connectivity index (χ0) is 15.9. The van der Waals surface area contributed by atoms with Crippen molar-refractivity contribution in [1.29, 1.82) is 0 Å². The van der Waals surface area contributed by atoms with Crippen LogP contribution in [0.5, 0.6) is 0 Å². The van der Waals surface area contributed by atoms with Crippen molar-refractivity contribution in [2.75, 3.05) is 20.1 Å². The highest BCUT2D eigenvalue weighted by molar-refractivity contribution is 5.86. The van der Waals surface area contributed by atoms with Gasteiger partial charge >= 0.3 is 0 Å². The molecule has 0 spiro atoms. The minimum Gasteiger partial charge on any atom is -0.330 e. The molecule has 2 N–H and O–H groups in total. The summed E-state index contributed by atoms with van der Waals surface area (Å²) in [4.78, 5) is 6.89. The Hall–Kier alpha value is -1.45. The second-order valence-electron chi connectivity index (χ2n) is 7.71. The zero-order valence-corrected chi connectivity index (χ0v) is 14.1. The minimum atomic E-state index is 0.114. The Bertz CT molecular complexity index is 672. The average molecular weight is 297 g/mol. The molecule has 0 bridgehead atoms. The first-order valence-corrected chi connectivity index (χ1v) is 8.18. The summed E-state index contributed by atoms with van der Waals surface area (Å²) in [5, 5.41) is 2.57. The third-order valence-electron chi connectivity index (χ3n) is 4.94. The van der Waals surface area contributed by atoms with Crippen molar-refractivity contribution in [3.63, 3.8) is 0 Å². The van der Waals surface area contributed by atoms with E-state index in [1.165, 1.54) is 21.9 Å². The summed E-state index contributed by atoms with van der Waals surface area (Å²) in [6.07, 6.45) is 5.16. The molecule has 1 aliphatic rings. The van der Waals surface area contributed by atoms with Gasteiger partial charge in [-0.05, 0) is 53.9 Å². The molecule has 1 aromatic carbocycles. The van der Waals surface area contributed by atoms with E-state index in [-0.39, 0.29) is 5.41 Å². The van der Waals surface area contributed by atoms with E-state index < -0.39 is 0 Å². The summed E-state index contributed by atoms with van der Waals surface area (Å²) < 4.78 is 0. The number of benzene rings is 1. The number of nitrogens with zero attached hydrogens (tertiary/aromatic N) is 2. The normalized spacial score (nSPS) is 23.3. The largest absolute Gasteiger partial charge is 0.330 e. The van der Waals surface area contributed by atoms with Gasteiger partial charge in [-0.15, -0.1) is 0 Å². The third-order valence-corrected chi connectivity index (χ3v) is 4.94. The number of aromatic nitrogens is 1. The first kappa shape index (κ1) is 15.4. The number of likely N-dealkylation sites (tertiary alicyclic amines) is 1. The molecule has 1 aliphatic heterocycles.